The maximum atomic E-state index is 13.9. The third-order valence-corrected chi connectivity index (χ3v) is 7.69. The summed E-state index contributed by atoms with van der Waals surface area (Å²) in [4.78, 5) is 26.6. The molecule has 10 heteroatoms. The number of carbonyl (C=O) groups is 2. The Kier molecular flexibility index (Phi) is 7.53. The molecule has 1 spiro atoms. The lowest BCUT2D eigenvalue weighted by Gasteiger charge is -2.54. The lowest BCUT2D eigenvalue weighted by Crippen LogP contribution is -2.61. The number of hydrogen-bond acceptors (Lipinski definition) is 4. The molecule has 2 heterocycles. The summed E-state index contributed by atoms with van der Waals surface area (Å²) >= 11 is 0. The van der Waals surface area contributed by atoms with Gasteiger partial charge in [-0.2, -0.15) is 5.26 Å². The van der Waals surface area contributed by atoms with Gasteiger partial charge in [0, 0.05) is 45.1 Å². The summed E-state index contributed by atoms with van der Waals surface area (Å²) in [5, 5.41) is 20.1. The van der Waals surface area contributed by atoms with E-state index in [1.165, 1.54) is 25.9 Å². The molecule has 5 rings (SSSR count). The molecular formula is C26H34F2N5O3-. The van der Waals surface area contributed by atoms with Crippen molar-refractivity contribution in [3.05, 3.63) is 41.6 Å². The zero-order chi connectivity index (χ0) is 26.0. The van der Waals surface area contributed by atoms with E-state index < -0.39 is 42.3 Å². The number of amides is 2. The van der Waals surface area contributed by atoms with E-state index in [2.05, 4.69) is 10.2 Å². The molecule has 0 unspecified atom stereocenters. The molecule has 0 aromatic heterocycles. The van der Waals surface area contributed by atoms with E-state index in [-0.39, 0.29) is 0 Å². The summed E-state index contributed by atoms with van der Waals surface area (Å²) in [7, 11) is 0. The van der Waals surface area contributed by atoms with Gasteiger partial charge in [0.25, 0.3) is 5.92 Å². The number of benzene rings is 1. The summed E-state index contributed by atoms with van der Waals surface area (Å²) in [5.74, 6) is -3.93. The minimum absolute atomic E-state index is 0.464. The Balaban J connectivity index is 0.000000178. The van der Waals surface area contributed by atoms with Crippen LogP contribution in [0.5, 0.6) is 0 Å². The number of likely N-dealkylation sites (tertiary alicyclic amines) is 2. The van der Waals surface area contributed by atoms with Crippen LogP contribution in [0.1, 0.15) is 50.5 Å². The zero-order valence-corrected chi connectivity index (χ0v) is 20.4. The minimum atomic E-state index is -3.13. The van der Waals surface area contributed by atoms with E-state index in [9.17, 15) is 18.4 Å². The fourth-order valence-electron chi connectivity index (χ4n) is 5.07. The first kappa shape index (κ1) is 26.3. The van der Waals surface area contributed by atoms with Gasteiger partial charge in [-0.25, -0.2) is 13.6 Å². The fraction of sp³-hybridized carbons (Fsp3) is 0.654. The lowest BCUT2D eigenvalue weighted by molar-refractivity contribution is -0.124. The lowest BCUT2D eigenvalue weighted by atomic mass is 9.72. The van der Waals surface area contributed by atoms with Crippen molar-refractivity contribution in [2.45, 2.75) is 74.9 Å². The Morgan fingerprint density at radius 2 is 1.78 bits per heavy atom. The fourth-order valence-corrected chi connectivity index (χ4v) is 5.07. The maximum Gasteiger partial charge on any atom is 0.407 e. The molecule has 0 bridgehead atoms. The second-order valence-electron chi connectivity index (χ2n) is 10.9. The molecular weight excluding hydrogens is 468 g/mol. The Labute approximate surface area is 210 Å². The summed E-state index contributed by atoms with van der Waals surface area (Å²) in [5.41, 5.74) is 7.60. The number of hydrogen-bond donors (Lipinski definition) is 2. The SMILES string of the molecule is N#CC1(NC(=O)[C@@H]([NH-])CC(F)(F)Cc2ccccc2)CC1.O=C(O)N1CCC2(CC1)CN(C1CC1)C2. The standard InChI is InChI=1S/C15H16F2N3O.C11H18N2O2/c16-15(17,8-11-4-2-1-3-5-11)9-12(19)13(21)20-14(10-18)6-7-14;14-10(15)12-5-3-11(4-6-12)7-13(8-11)9-1-2-9/h1-5,12,19H,6-9H2,(H,20,21);9H,1-8H2,(H,14,15)/q-1;/t12-;/m0./s1. The predicted octanol–water partition coefficient (Wildman–Crippen LogP) is 4.07. The van der Waals surface area contributed by atoms with Crippen LogP contribution in [-0.2, 0) is 11.2 Å². The first-order valence-electron chi connectivity index (χ1n) is 12.6. The zero-order valence-electron chi connectivity index (χ0n) is 20.4. The van der Waals surface area contributed by atoms with Crippen LogP contribution < -0.4 is 5.32 Å². The third-order valence-electron chi connectivity index (χ3n) is 7.69. The molecule has 1 atom stereocenters. The van der Waals surface area contributed by atoms with Gasteiger partial charge in [-0.05, 0) is 49.5 Å². The molecule has 2 amide bonds. The second-order valence-corrected chi connectivity index (χ2v) is 10.9. The number of halogens is 2. The van der Waals surface area contributed by atoms with Crippen LogP contribution in [0, 0.1) is 16.7 Å². The Morgan fingerprint density at radius 1 is 1.17 bits per heavy atom. The van der Waals surface area contributed by atoms with E-state index in [0.717, 1.165) is 32.0 Å². The van der Waals surface area contributed by atoms with Crippen molar-refractivity contribution in [3.63, 3.8) is 0 Å². The average molecular weight is 503 g/mol. The first-order valence-corrected chi connectivity index (χ1v) is 12.6. The number of nitriles is 1. The molecule has 4 aliphatic rings. The molecule has 8 nitrogen and oxygen atoms in total. The molecule has 2 aliphatic carbocycles. The highest BCUT2D eigenvalue weighted by molar-refractivity contribution is 5.84. The molecule has 36 heavy (non-hydrogen) atoms. The van der Waals surface area contributed by atoms with Gasteiger partial charge < -0.3 is 21.1 Å². The van der Waals surface area contributed by atoms with Gasteiger partial charge in [0.05, 0.1) is 6.07 Å². The summed E-state index contributed by atoms with van der Waals surface area (Å²) in [6, 6.07) is 9.49. The number of carbonyl (C=O) groups excluding carboxylic acids is 1. The van der Waals surface area contributed by atoms with E-state index in [4.69, 9.17) is 16.1 Å². The quantitative estimate of drug-likeness (QED) is 0.582. The van der Waals surface area contributed by atoms with Crippen LogP contribution in [0.4, 0.5) is 13.6 Å². The van der Waals surface area contributed by atoms with Gasteiger partial charge in [-0.1, -0.05) is 36.4 Å². The van der Waals surface area contributed by atoms with Crippen molar-refractivity contribution in [3.8, 4) is 6.07 Å². The molecule has 0 radical (unpaired) electrons. The van der Waals surface area contributed by atoms with Crippen LogP contribution in [0.15, 0.2) is 30.3 Å². The first-order chi connectivity index (χ1) is 17.0. The molecule has 4 fully saturated rings. The number of rotatable bonds is 7. The van der Waals surface area contributed by atoms with Crippen LogP contribution >= 0.6 is 0 Å². The van der Waals surface area contributed by atoms with E-state index in [1.54, 1.807) is 35.2 Å². The van der Waals surface area contributed by atoms with Crippen molar-refractivity contribution in [1.29, 1.82) is 5.26 Å². The monoisotopic (exact) mass is 502 g/mol. The highest BCUT2D eigenvalue weighted by Gasteiger charge is 2.49. The van der Waals surface area contributed by atoms with Crippen molar-refractivity contribution in [2.75, 3.05) is 26.2 Å². The van der Waals surface area contributed by atoms with Crippen LogP contribution in [0.2, 0.25) is 0 Å². The summed E-state index contributed by atoms with van der Waals surface area (Å²) in [6.45, 7) is 3.94. The highest BCUT2D eigenvalue weighted by atomic mass is 19.3. The maximum absolute atomic E-state index is 13.9. The number of piperidine rings is 1. The number of nitrogens with one attached hydrogen (secondary N) is 2. The normalized spacial score (nSPS) is 22.9. The smallest absolute Gasteiger partial charge is 0.407 e. The third kappa shape index (κ3) is 6.71. The van der Waals surface area contributed by atoms with Crippen LogP contribution in [0.25, 0.3) is 5.73 Å². The largest absolute Gasteiger partial charge is 0.667 e. The van der Waals surface area contributed by atoms with Gasteiger partial charge in [-0.3, -0.25) is 9.69 Å². The highest BCUT2D eigenvalue weighted by Crippen LogP contribution is 2.45. The second kappa shape index (κ2) is 10.3. The molecule has 2 aliphatic heterocycles. The van der Waals surface area contributed by atoms with Gasteiger partial charge >= 0.3 is 6.09 Å². The van der Waals surface area contributed by atoms with Crippen LogP contribution in [0.3, 0.4) is 0 Å². The Bertz CT molecular complexity index is 975. The molecule has 3 N–H and O–H groups in total. The van der Waals surface area contributed by atoms with Crippen LogP contribution in [-0.4, -0.2) is 76.6 Å². The average Bonchev–Trinajstić information content (AvgIpc) is 3.74. The number of carboxylic acid groups (broad SMARTS) is 1. The van der Waals surface area contributed by atoms with Crippen molar-refractivity contribution < 1.29 is 23.5 Å². The summed E-state index contributed by atoms with van der Waals surface area (Å²) in [6.07, 6.45) is 3.85. The van der Waals surface area contributed by atoms with Gasteiger partial charge in [-0.15, -0.1) is 0 Å². The molecule has 1 aromatic rings. The topological polar surface area (TPSA) is 120 Å². The van der Waals surface area contributed by atoms with Gasteiger partial charge in [0.1, 0.15) is 5.54 Å². The van der Waals surface area contributed by atoms with Crippen molar-refractivity contribution in [1.82, 2.24) is 15.1 Å². The van der Waals surface area contributed by atoms with Gasteiger partial charge in [0.15, 0.2) is 0 Å². The molecule has 2 saturated carbocycles. The van der Waals surface area contributed by atoms with Gasteiger partial charge in [0.2, 0.25) is 5.91 Å². The Hall–Kier alpha value is -2.77. The van der Waals surface area contributed by atoms with E-state index in [1.807, 2.05) is 6.07 Å². The molecule has 196 valence electrons. The summed E-state index contributed by atoms with van der Waals surface area (Å²) < 4.78 is 27.8. The Morgan fingerprint density at radius 3 is 2.28 bits per heavy atom. The molecule has 2 saturated heterocycles. The number of nitrogens with zero attached hydrogens (tertiary/aromatic N) is 3. The predicted molar refractivity (Wildman–Crippen MR) is 129 cm³/mol. The minimum Gasteiger partial charge on any atom is -0.667 e. The van der Waals surface area contributed by atoms with E-state index in [0.29, 0.717) is 23.8 Å². The van der Waals surface area contributed by atoms with Crippen molar-refractivity contribution in [2.24, 2.45) is 5.41 Å². The molecule has 1 aromatic carbocycles. The van der Waals surface area contributed by atoms with E-state index >= 15 is 0 Å². The van der Waals surface area contributed by atoms with Crippen molar-refractivity contribution >= 4 is 12.0 Å². The number of alkyl halides is 2.